The van der Waals surface area contributed by atoms with Crippen LogP contribution in [-0.2, 0) is 9.59 Å². The molecule has 0 aromatic heterocycles. The number of likely N-dealkylation sites (N-methyl/N-ethyl adjacent to an activating group) is 1. The van der Waals surface area contributed by atoms with Crippen molar-refractivity contribution in [3.8, 4) is 0 Å². The lowest BCUT2D eigenvalue weighted by Crippen LogP contribution is -2.35. The van der Waals surface area contributed by atoms with Crippen LogP contribution >= 0.6 is 15.9 Å². The summed E-state index contributed by atoms with van der Waals surface area (Å²) in [6.07, 6.45) is 3.22. The molecule has 0 radical (unpaired) electrons. The Bertz CT molecular complexity index is 554. The molecular formula is C16H20BrNO3. The Kier molecular flexibility index (Phi) is 6.62. The van der Waals surface area contributed by atoms with Crippen molar-refractivity contribution < 1.29 is 14.7 Å². The first-order valence-electron chi connectivity index (χ1n) is 6.81. The number of carboxylic acids is 1. The molecule has 1 aromatic carbocycles. The fourth-order valence-electron chi connectivity index (χ4n) is 1.82. The Balaban J connectivity index is 2.77. The van der Waals surface area contributed by atoms with Crippen molar-refractivity contribution in [2.24, 2.45) is 5.92 Å². The van der Waals surface area contributed by atoms with Crippen LogP contribution in [0.5, 0.6) is 0 Å². The average molecular weight is 354 g/mol. The highest BCUT2D eigenvalue weighted by molar-refractivity contribution is 9.10. The molecule has 1 unspecified atom stereocenters. The summed E-state index contributed by atoms with van der Waals surface area (Å²) in [6, 6.07) is 5.88. The van der Waals surface area contributed by atoms with Gasteiger partial charge in [-0.2, -0.15) is 0 Å². The van der Waals surface area contributed by atoms with E-state index in [0.29, 0.717) is 6.54 Å². The number of aliphatic carboxylic acids is 1. The van der Waals surface area contributed by atoms with Gasteiger partial charge in [-0.25, -0.2) is 0 Å². The Morgan fingerprint density at radius 1 is 1.43 bits per heavy atom. The van der Waals surface area contributed by atoms with Crippen LogP contribution in [0.1, 0.15) is 25.0 Å². The van der Waals surface area contributed by atoms with Crippen molar-refractivity contribution in [2.75, 3.05) is 13.1 Å². The molecule has 1 N–H and O–H groups in total. The number of carboxylic acid groups (broad SMARTS) is 1. The third kappa shape index (κ3) is 5.34. The van der Waals surface area contributed by atoms with Gasteiger partial charge in [0.25, 0.3) is 0 Å². The van der Waals surface area contributed by atoms with Crippen LogP contribution in [0.25, 0.3) is 6.08 Å². The average Bonchev–Trinajstić information content (AvgIpc) is 2.43. The van der Waals surface area contributed by atoms with E-state index >= 15 is 0 Å². The molecule has 1 rings (SSSR count). The van der Waals surface area contributed by atoms with E-state index in [0.717, 1.165) is 15.6 Å². The molecule has 0 aliphatic heterocycles. The Morgan fingerprint density at radius 2 is 2.10 bits per heavy atom. The fourth-order valence-corrected chi connectivity index (χ4v) is 2.44. The number of amides is 1. The van der Waals surface area contributed by atoms with Gasteiger partial charge in [-0.3, -0.25) is 9.59 Å². The van der Waals surface area contributed by atoms with Gasteiger partial charge in [0, 0.05) is 23.6 Å². The van der Waals surface area contributed by atoms with E-state index in [2.05, 4.69) is 15.9 Å². The zero-order chi connectivity index (χ0) is 16.0. The zero-order valence-corrected chi connectivity index (χ0v) is 14.1. The van der Waals surface area contributed by atoms with Crippen molar-refractivity contribution in [3.05, 3.63) is 39.9 Å². The van der Waals surface area contributed by atoms with Gasteiger partial charge >= 0.3 is 5.97 Å². The number of hydrogen-bond donors (Lipinski definition) is 1. The smallest absolute Gasteiger partial charge is 0.308 e. The van der Waals surface area contributed by atoms with Gasteiger partial charge in [0.05, 0.1) is 5.92 Å². The highest BCUT2D eigenvalue weighted by atomic mass is 79.9. The number of halogens is 1. The van der Waals surface area contributed by atoms with Crippen LogP contribution < -0.4 is 0 Å². The van der Waals surface area contributed by atoms with Crippen molar-refractivity contribution in [1.82, 2.24) is 4.90 Å². The van der Waals surface area contributed by atoms with E-state index < -0.39 is 11.9 Å². The van der Waals surface area contributed by atoms with Crippen molar-refractivity contribution in [2.45, 2.75) is 20.8 Å². The van der Waals surface area contributed by atoms with Crippen LogP contribution in [0.15, 0.2) is 28.7 Å². The number of rotatable bonds is 6. The minimum atomic E-state index is -0.897. The van der Waals surface area contributed by atoms with Crippen LogP contribution in [0.4, 0.5) is 0 Å². The summed E-state index contributed by atoms with van der Waals surface area (Å²) < 4.78 is 0.925. The molecule has 0 fully saturated rings. The molecule has 1 amide bonds. The number of nitrogens with zero attached hydrogens (tertiary/aromatic N) is 1. The topological polar surface area (TPSA) is 57.6 Å². The highest BCUT2D eigenvalue weighted by Crippen LogP contribution is 2.19. The summed E-state index contributed by atoms with van der Waals surface area (Å²) >= 11 is 3.46. The summed E-state index contributed by atoms with van der Waals surface area (Å²) in [5.74, 6) is -1.65. The van der Waals surface area contributed by atoms with E-state index in [-0.39, 0.29) is 12.5 Å². The summed E-state index contributed by atoms with van der Waals surface area (Å²) in [5, 5.41) is 8.92. The van der Waals surface area contributed by atoms with E-state index in [1.165, 1.54) is 11.0 Å². The van der Waals surface area contributed by atoms with Gasteiger partial charge in [0.15, 0.2) is 0 Å². The summed E-state index contributed by atoms with van der Waals surface area (Å²) in [7, 11) is 0. The number of hydrogen-bond acceptors (Lipinski definition) is 2. The molecule has 1 atom stereocenters. The van der Waals surface area contributed by atoms with E-state index in [9.17, 15) is 9.59 Å². The Hall–Kier alpha value is -1.62. The number of benzene rings is 1. The summed E-state index contributed by atoms with van der Waals surface area (Å²) in [6.45, 7) is 6.12. The maximum absolute atomic E-state index is 12.1. The molecule has 0 bridgehead atoms. The predicted octanol–water partition coefficient (Wildman–Crippen LogP) is 3.34. The van der Waals surface area contributed by atoms with E-state index in [4.69, 9.17) is 5.11 Å². The molecule has 21 heavy (non-hydrogen) atoms. The first-order chi connectivity index (χ1) is 9.85. The van der Waals surface area contributed by atoms with Gasteiger partial charge in [-0.15, -0.1) is 0 Å². The first kappa shape index (κ1) is 17.4. The quantitative estimate of drug-likeness (QED) is 0.798. The van der Waals surface area contributed by atoms with Crippen LogP contribution in [0.3, 0.4) is 0 Å². The maximum Gasteiger partial charge on any atom is 0.308 e. The molecule has 0 saturated heterocycles. The molecule has 0 saturated carbocycles. The summed E-state index contributed by atoms with van der Waals surface area (Å²) in [4.78, 5) is 24.5. The second kappa shape index (κ2) is 7.98. The minimum absolute atomic E-state index is 0.182. The predicted molar refractivity (Wildman–Crippen MR) is 87.0 cm³/mol. The molecular weight excluding hydrogens is 334 g/mol. The molecule has 114 valence electrons. The first-order valence-corrected chi connectivity index (χ1v) is 7.60. The van der Waals surface area contributed by atoms with Crippen LogP contribution in [-0.4, -0.2) is 35.0 Å². The molecule has 0 heterocycles. The highest BCUT2D eigenvalue weighted by Gasteiger charge is 2.17. The van der Waals surface area contributed by atoms with E-state index in [1.807, 2.05) is 32.0 Å². The third-order valence-corrected chi connectivity index (χ3v) is 3.86. The molecule has 0 aliphatic rings. The fraction of sp³-hybridized carbons (Fsp3) is 0.375. The van der Waals surface area contributed by atoms with Gasteiger partial charge in [0.1, 0.15) is 0 Å². The van der Waals surface area contributed by atoms with Crippen molar-refractivity contribution >= 4 is 33.9 Å². The zero-order valence-electron chi connectivity index (χ0n) is 12.5. The lowest BCUT2D eigenvalue weighted by atomic mass is 10.1. The third-order valence-electron chi connectivity index (χ3n) is 3.17. The van der Waals surface area contributed by atoms with Crippen LogP contribution in [0.2, 0.25) is 0 Å². The van der Waals surface area contributed by atoms with Gasteiger partial charge < -0.3 is 10.0 Å². The molecule has 4 nitrogen and oxygen atoms in total. The lowest BCUT2D eigenvalue weighted by molar-refractivity contribution is -0.142. The van der Waals surface area contributed by atoms with Crippen molar-refractivity contribution in [3.63, 3.8) is 0 Å². The standard InChI is InChI=1S/C16H20BrNO3/c1-4-18(10-12(3)16(20)21)15(19)8-7-13-6-5-11(2)9-14(13)17/h5-9,12H,4,10H2,1-3H3,(H,20,21). The molecule has 0 spiro atoms. The molecule has 0 aliphatic carbocycles. The Labute approximate surface area is 133 Å². The van der Waals surface area contributed by atoms with E-state index in [1.54, 1.807) is 13.0 Å². The van der Waals surface area contributed by atoms with Gasteiger partial charge in [-0.05, 0) is 37.1 Å². The SMILES string of the molecule is CCN(CC(C)C(=O)O)C(=O)C=Cc1ccc(C)cc1Br. The molecule has 1 aromatic rings. The lowest BCUT2D eigenvalue weighted by Gasteiger charge is -2.21. The molecule has 5 heteroatoms. The number of aryl methyl sites for hydroxylation is 1. The maximum atomic E-state index is 12.1. The largest absolute Gasteiger partial charge is 0.481 e. The number of carbonyl (C=O) groups excluding carboxylic acids is 1. The summed E-state index contributed by atoms with van der Waals surface area (Å²) in [5.41, 5.74) is 2.05. The second-order valence-corrected chi connectivity index (χ2v) is 5.83. The Morgan fingerprint density at radius 3 is 2.62 bits per heavy atom. The second-order valence-electron chi connectivity index (χ2n) is 4.97. The van der Waals surface area contributed by atoms with Crippen LogP contribution in [0, 0.1) is 12.8 Å². The van der Waals surface area contributed by atoms with Crippen molar-refractivity contribution in [1.29, 1.82) is 0 Å². The normalized spacial score (nSPS) is 12.4. The van der Waals surface area contributed by atoms with Gasteiger partial charge in [0.2, 0.25) is 5.91 Å². The minimum Gasteiger partial charge on any atom is -0.481 e. The van der Waals surface area contributed by atoms with Gasteiger partial charge in [-0.1, -0.05) is 35.0 Å². The number of carbonyl (C=O) groups is 2. The monoisotopic (exact) mass is 353 g/mol.